The number of phenols is 1. The van der Waals surface area contributed by atoms with Crippen molar-refractivity contribution in [2.45, 2.75) is 0 Å². The number of rotatable bonds is 3. The summed E-state index contributed by atoms with van der Waals surface area (Å²) in [5, 5.41) is 24.5. The maximum absolute atomic E-state index is 9.98. The van der Waals surface area contributed by atoms with Crippen LogP contribution in [-0.4, -0.2) is 25.7 Å². The van der Waals surface area contributed by atoms with Gasteiger partial charge >= 0.3 is 0 Å². The predicted octanol–water partition coefficient (Wildman–Crippen LogP) is 4.32. The second-order valence-corrected chi connectivity index (χ2v) is 5.46. The van der Waals surface area contributed by atoms with Crippen LogP contribution in [0.2, 0.25) is 15.1 Å². The molecule has 22 heavy (non-hydrogen) atoms. The number of nitrogens with one attached hydrogen (secondary N) is 1. The first-order chi connectivity index (χ1) is 10.5. The Kier molecular flexibility index (Phi) is 4.06. The molecule has 0 saturated carbocycles. The lowest BCUT2D eigenvalue weighted by molar-refractivity contribution is 0.411. The van der Waals surface area contributed by atoms with E-state index in [1.54, 1.807) is 12.1 Å². The molecule has 9 heteroatoms. The number of tetrazole rings is 1. The fourth-order valence-electron chi connectivity index (χ4n) is 1.75. The molecule has 0 spiro atoms. The molecule has 0 bridgehead atoms. The molecule has 2 N–H and O–H groups in total. The van der Waals surface area contributed by atoms with Gasteiger partial charge in [-0.05, 0) is 29.5 Å². The number of nitrogens with zero attached hydrogens (tertiary/aromatic N) is 3. The van der Waals surface area contributed by atoms with Crippen LogP contribution in [0.4, 0.5) is 0 Å². The molecule has 0 saturated heterocycles. The van der Waals surface area contributed by atoms with Crippen molar-refractivity contribution < 1.29 is 9.84 Å². The smallest absolute Gasteiger partial charge is 0.206 e. The van der Waals surface area contributed by atoms with Crippen LogP contribution in [0.3, 0.4) is 0 Å². The maximum atomic E-state index is 9.98. The van der Waals surface area contributed by atoms with Crippen LogP contribution in [0.15, 0.2) is 30.3 Å². The van der Waals surface area contributed by atoms with Crippen LogP contribution in [0.1, 0.15) is 0 Å². The highest BCUT2D eigenvalue weighted by molar-refractivity contribution is 6.35. The Balaban J connectivity index is 2.02. The first kappa shape index (κ1) is 14.9. The van der Waals surface area contributed by atoms with E-state index in [2.05, 4.69) is 20.6 Å². The van der Waals surface area contributed by atoms with Gasteiger partial charge in [0.1, 0.15) is 5.75 Å². The Hall–Kier alpha value is -2.02. The number of hydrogen-bond acceptors (Lipinski definition) is 5. The molecule has 0 aliphatic carbocycles. The zero-order valence-electron chi connectivity index (χ0n) is 10.7. The standard InChI is InChI=1S/C13H7Cl3N4O2/c14-6-1-2-11(9(16)3-6)22-12-4-7(8(15)5-10(12)21)13-17-19-20-18-13/h1-5,21H,(H,17,18,19,20). The number of phenolic OH excluding ortho intramolecular Hbond substituents is 1. The highest BCUT2D eigenvalue weighted by atomic mass is 35.5. The lowest BCUT2D eigenvalue weighted by Crippen LogP contribution is -1.90. The zero-order chi connectivity index (χ0) is 15.7. The van der Waals surface area contributed by atoms with Gasteiger partial charge in [-0.2, -0.15) is 5.21 Å². The topological polar surface area (TPSA) is 83.9 Å². The maximum Gasteiger partial charge on any atom is 0.206 e. The number of H-pyrrole nitrogens is 1. The number of halogens is 3. The summed E-state index contributed by atoms with van der Waals surface area (Å²) >= 11 is 17.9. The van der Waals surface area contributed by atoms with Crippen LogP contribution in [0.5, 0.6) is 17.2 Å². The predicted molar refractivity (Wildman–Crippen MR) is 82.8 cm³/mol. The van der Waals surface area contributed by atoms with Crippen LogP contribution in [0.25, 0.3) is 11.4 Å². The van der Waals surface area contributed by atoms with Crippen molar-refractivity contribution in [1.82, 2.24) is 20.6 Å². The fourth-order valence-corrected chi connectivity index (χ4v) is 2.44. The molecule has 112 valence electrons. The van der Waals surface area contributed by atoms with Gasteiger partial charge < -0.3 is 9.84 Å². The normalized spacial score (nSPS) is 10.7. The Morgan fingerprint density at radius 3 is 2.50 bits per heavy atom. The van der Waals surface area contributed by atoms with Crippen molar-refractivity contribution in [2.24, 2.45) is 0 Å². The van der Waals surface area contributed by atoms with E-state index >= 15 is 0 Å². The number of aromatic hydroxyl groups is 1. The molecular formula is C13H7Cl3N4O2. The lowest BCUT2D eigenvalue weighted by Gasteiger charge is -2.11. The molecule has 0 aliphatic heterocycles. The minimum Gasteiger partial charge on any atom is -0.504 e. The molecule has 0 unspecified atom stereocenters. The van der Waals surface area contributed by atoms with Gasteiger partial charge in [-0.1, -0.05) is 34.8 Å². The Morgan fingerprint density at radius 1 is 1.00 bits per heavy atom. The minimum absolute atomic E-state index is 0.147. The average molecular weight is 358 g/mol. The van der Waals surface area contributed by atoms with E-state index in [0.29, 0.717) is 21.4 Å². The molecule has 3 rings (SSSR count). The Bertz CT molecular complexity index is 824. The second kappa shape index (κ2) is 6.00. The zero-order valence-corrected chi connectivity index (χ0v) is 13.0. The van der Waals surface area contributed by atoms with Gasteiger partial charge in [0.05, 0.1) is 10.0 Å². The van der Waals surface area contributed by atoms with Gasteiger partial charge in [-0.3, -0.25) is 0 Å². The van der Waals surface area contributed by atoms with E-state index < -0.39 is 0 Å². The van der Waals surface area contributed by atoms with Crippen molar-refractivity contribution in [3.05, 3.63) is 45.4 Å². The van der Waals surface area contributed by atoms with Crippen molar-refractivity contribution in [2.75, 3.05) is 0 Å². The van der Waals surface area contributed by atoms with Gasteiger partial charge in [0.25, 0.3) is 0 Å². The summed E-state index contributed by atoms with van der Waals surface area (Å²) in [6, 6.07) is 7.56. The molecule has 3 aromatic rings. The third kappa shape index (κ3) is 2.94. The number of aromatic amines is 1. The van der Waals surface area contributed by atoms with Crippen molar-refractivity contribution in [1.29, 1.82) is 0 Å². The van der Waals surface area contributed by atoms with Crippen molar-refractivity contribution >= 4 is 34.8 Å². The van der Waals surface area contributed by atoms with E-state index in [4.69, 9.17) is 39.5 Å². The van der Waals surface area contributed by atoms with Crippen LogP contribution >= 0.6 is 34.8 Å². The number of hydrogen-bond donors (Lipinski definition) is 2. The van der Waals surface area contributed by atoms with Crippen molar-refractivity contribution in [3.8, 4) is 28.6 Å². The first-order valence-corrected chi connectivity index (χ1v) is 7.07. The highest BCUT2D eigenvalue weighted by Crippen LogP contribution is 2.40. The van der Waals surface area contributed by atoms with Gasteiger partial charge in [-0.25, -0.2) is 0 Å². The number of ether oxygens (including phenoxy) is 1. The second-order valence-electron chi connectivity index (χ2n) is 4.21. The monoisotopic (exact) mass is 356 g/mol. The SMILES string of the molecule is Oc1cc(Cl)c(-c2nn[nH]n2)cc1Oc1ccc(Cl)cc1Cl. The third-order valence-electron chi connectivity index (χ3n) is 2.75. The van der Waals surface area contributed by atoms with Crippen LogP contribution in [-0.2, 0) is 0 Å². The van der Waals surface area contributed by atoms with E-state index in [1.165, 1.54) is 18.2 Å². The molecule has 6 nitrogen and oxygen atoms in total. The lowest BCUT2D eigenvalue weighted by atomic mass is 10.2. The van der Waals surface area contributed by atoms with E-state index in [0.717, 1.165) is 0 Å². The van der Waals surface area contributed by atoms with Crippen LogP contribution < -0.4 is 4.74 Å². The quantitative estimate of drug-likeness (QED) is 0.729. The van der Waals surface area contributed by atoms with Crippen molar-refractivity contribution in [3.63, 3.8) is 0 Å². The summed E-state index contributed by atoms with van der Waals surface area (Å²) in [5.41, 5.74) is 0.452. The molecule has 1 heterocycles. The number of aromatic nitrogens is 4. The third-order valence-corrected chi connectivity index (χ3v) is 3.59. The summed E-state index contributed by atoms with van der Waals surface area (Å²) in [5.74, 6) is 0.608. The molecule has 0 atom stereocenters. The Labute approximate surface area is 139 Å². The average Bonchev–Trinajstić information content (AvgIpc) is 2.98. The summed E-state index contributed by atoms with van der Waals surface area (Å²) in [6.45, 7) is 0. The van der Waals surface area contributed by atoms with Crippen LogP contribution in [0, 0.1) is 0 Å². The molecular weight excluding hydrogens is 351 g/mol. The largest absolute Gasteiger partial charge is 0.504 e. The molecule has 0 fully saturated rings. The molecule has 0 amide bonds. The summed E-state index contributed by atoms with van der Waals surface area (Å²) in [6.07, 6.45) is 0. The van der Waals surface area contributed by atoms with Gasteiger partial charge in [-0.15, -0.1) is 10.2 Å². The van der Waals surface area contributed by atoms with E-state index in [1.807, 2.05) is 0 Å². The molecule has 2 aromatic carbocycles. The number of benzene rings is 2. The van der Waals surface area contributed by atoms with Gasteiger partial charge in [0.15, 0.2) is 11.5 Å². The molecule has 0 aliphatic rings. The Morgan fingerprint density at radius 2 is 1.82 bits per heavy atom. The van der Waals surface area contributed by atoms with Gasteiger partial charge in [0, 0.05) is 16.7 Å². The first-order valence-electron chi connectivity index (χ1n) is 5.94. The van der Waals surface area contributed by atoms with Gasteiger partial charge in [0.2, 0.25) is 5.82 Å². The minimum atomic E-state index is -0.150. The summed E-state index contributed by atoms with van der Waals surface area (Å²) in [4.78, 5) is 0. The summed E-state index contributed by atoms with van der Waals surface area (Å²) in [7, 11) is 0. The molecule has 1 aromatic heterocycles. The highest BCUT2D eigenvalue weighted by Gasteiger charge is 2.15. The molecule has 0 radical (unpaired) electrons. The van der Waals surface area contributed by atoms with E-state index in [9.17, 15) is 5.11 Å². The van der Waals surface area contributed by atoms with E-state index in [-0.39, 0.29) is 22.3 Å². The fraction of sp³-hybridized carbons (Fsp3) is 0. The summed E-state index contributed by atoms with van der Waals surface area (Å²) < 4.78 is 5.60.